The molecular formula is C20H18N2O4S. The molecule has 3 aromatic rings. The number of furan rings is 1. The smallest absolute Gasteiger partial charge is 0.313 e. The van der Waals surface area contributed by atoms with Crippen LogP contribution < -0.4 is 10.6 Å². The summed E-state index contributed by atoms with van der Waals surface area (Å²) in [6.45, 7) is 4.07. The number of rotatable bonds is 5. The molecule has 138 valence electrons. The summed E-state index contributed by atoms with van der Waals surface area (Å²) in [4.78, 5) is 37.5. The lowest BCUT2D eigenvalue weighted by Crippen LogP contribution is -2.34. The molecular weight excluding hydrogens is 364 g/mol. The summed E-state index contributed by atoms with van der Waals surface area (Å²) in [6, 6.07) is 12.1. The number of anilines is 1. The van der Waals surface area contributed by atoms with Crippen LogP contribution in [0, 0.1) is 13.8 Å². The third-order valence-electron chi connectivity index (χ3n) is 4.02. The maximum absolute atomic E-state index is 12.2. The van der Waals surface area contributed by atoms with Gasteiger partial charge >= 0.3 is 11.8 Å². The highest BCUT2D eigenvalue weighted by atomic mass is 32.1. The largest absolute Gasteiger partial charge is 0.461 e. The van der Waals surface area contributed by atoms with E-state index in [1.54, 1.807) is 30.3 Å². The standard InChI is InChI=1S/C20H18N2O4S/c1-12-5-6-14(10-13(12)2)22-20(25)19(24)21-11-15-7-8-17(27-15)18(23)16-4-3-9-26-16/h3-10H,11H2,1-2H3,(H,21,24)(H,22,25). The fourth-order valence-corrected chi connectivity index (χ4v) is 3.27. The van der Waals surface area contributed by atoms with Crippen LogP contribution in [-0.2, 0) is 16.1 Å². The van der Waals surface area contributed by atoms with E-state index < -0.39 is 11.8 Å². The fraction of sp³-hybridized carbons (Fsp3) is 0.150. The summed E-state index contributed by atoms with van der Waals surface area (Å²) in [5.74, 6) is -1.42. The minimum Gasteiger partial charge on any atom is -0.461 e. The lowest BCUT2D eigenvalue weighted by Gasteiger charge is -2.07. The zero-order valence-corrected chi connectivity index (χ0v) is 15.7. The Bertz CT molecular complexity index is 989. The van der Waals surface area contributed by atoms with Gasteiger partial charge in [-0.05, 0) is 61.4 Å². The molecule has 6 nitrogen and oxygen atoms in total. The maximum atomic E-state index is 12.2. The second kappa shape index (κ2) is 8.01. The SMILES string of the molecule is Cc1ccc(NC(=O)C(=O)NCc2ccc(C(=O)c3ccco3)s2)cc1C. The number of hydrogen-bond acceptors (Lipinski definition) is 5. The molecule has 0 aliphatic heterocycles. The number of benzene rings is 1. The van der Waals surface area contributed by atoms with E-state index in [1.807, 2.05) is 26.0 Å². The third kappa shape index (κ3) is 4.51. The van der Waals surface area contributed by atoms with Crippen LogP contribution in [0.4, 0.5) is 5.69 Å². The minimum absolute atomic E-state index is 0.162. The summed E-state index contributed by atoms with van der Waals surface area (Å²) in [7, 11) is 0. The third-order valence-corrected chi connectivity index (χ3v) is 5.11. The first-order valence-corrected chi connectivity index (χ1v) is 9.09. The van der Waals surface area contributed by atoms with Gasteiger partial charge in [-0.15, -0.1) is 11.3 Å². The van der Waals surface area contributed by atoms with E-state index in [0.717, 1.165) is 16.0 Å². The summed E-state index contributed by atoms with van der Waals surface area (Å²) in [5.41, 5.74) is 2.70. The number of ketones is 1. The molecule has 2 heterocycles. The van der Waals surface area contributed by atoms with Crippen LogP contribution in [0.2, 0.25) is 0 Å². The molecule has 0 aliphatic rings. The van der Waals surface area contributed by atoms with Gasteiger partial charge in [-0.3, -0.25) is 14.4 Å². The van der Waals surface area contributed by atoms with E-state index in [9.17, 15) is 14.4 Å². The average Bonchev–Trinajstić information content (AvgIpc) is 3.34. The number of hydrogen-bond donors (Lipinski definition) is 2. The van der Waals surface area contributed by atoms with Crippen molar-refractivity contribution in [1.29, 1.82) is 0 Å². The Morgan fingerprint density at radius 1 is 1.00 bits per heavy atom. The van der Waals surface area contributed by atoms with Gasteiger partial charge in [0.1, 0.15) is 0 Å². The van der Waals surface area contributed by atoms with Crippen LogP contribution in [0.25, 0.3) is 0 Å². The number of aryl methyl sites for hydroxylation is 2. The Hall–Kier alpha value is -3.19. The van der Waals surface area contributed by atoms with E-state index >= 15 is 0 Å². The van der Waals surface area contributed by atoms with Crippen molar-refractivity contribution in [2.24, 2.45) is 0 Å². The molecule has 1 aromatic carbocycles. The molecule has 3 rings (SSSR count). The zero-order chi connectivity index (χ0) is 19.4. The van der Waals surface area contributed by atoms with Gasteiger partial charge in [0, 0.05) is 10.6 Å². The molecule has 0 radical (unpaired) electrons. The monoisotopic (exact) mass is 382 g/mol. The van der Waals surface area contributed by atoms with Gasteiger partial charge in [0.05, 0.1) is 17.7 Å². The molecule has 7 heteroatoms. The van der Waals surface area contributed by atoms with Crippen molar-refractivity contribution in [1.82, 2.24) is 5.32 Å². The highest BCUT2D eigenvalue weighted by Gasteiger charge is 2.16. The Labute approximate surface area is 160 Å². The Kier molecular flexibility index (Phi) is 5.52. The fourth-order valence-electron chi connectivity index (χ4n) is 2.38. The first kappa shape index (κ1) is 18.6. The van der Waals surface area contributed by atoms with Crippen LogP contribution in [-0.4, -0.2) is 17.6 Å². The summed E-state index contributed by atoms with van der Waals surface area (Å²) in [5, 5.41) is 5.13. The number of nitrogens with one attached hydrogen (secondary N) is 2. The van der Waals surface area contributed by atoms with Gasteiger partial charge in [-0.25, -0.2) is 0 Å². The lowest BCUT2D eigenvalue weighted by atomic mass is 10.1. The molecule has 0 saturated carbocycles. The predicted molar refractivity (Wildman–Crippen MR) is 103 cm³/mol. The number of carbonyl (C=O) groups is 3. The van der Waals surface area contributed by atoms with E-state index in [-0.39, 0.29) is 18.1 Å². The van der Waals surface area contributed by atoms with Gasteiger partial charge in [0.2, 0.25) is 5.78 Å². The first-order valence-electron chi connectivity index (χ1n) is 8.27. The topological polar surface area (TPSA) is 88.4 Å². The summed E-state index contributed by atoms with van der Waals surface area (Å²) in [6.07, 6.45) is 1.44. The molecule has 2 aromatic heterocycles. The summed E-state index contributed by atoms with van der Waals surface area (Å²) >= 11 is 1.24. The van der Waals surface area contributed by atoms with Crippen LogP contribution >= 0.6 is 11.3 Å². The Morgan fingerprint density at radius 2 is 1.81 bits per heavy atom. The molecule has 0 fully saturated rings. The average molecular weight is 382 g/mol. The number of amides is 2. The number of carbonyl (C=O) groups excluding carboxylic acids is 3. The lowest BCUT2D eigenvalue weighted by molar-refractivity contribution is -0.136. The van der Waals surface area contributed by atoms with Crippen molar-refractivity contribution in [2.45, 2.75) is 20.4 Å². The van der Waals surface area contributed by atoms with Crippen molar-refractivity contribution >= 4 is 34.6 Å². The highest BCUT2D eigenvalue weighted by molar-refractivity contribution is 7.14. The second-order valence-corrected chi connectivity index (χ2v) is 7.18. The van der Waals surface area contributed by atoms with E-state index in [4.69, 9.17) is 4.42 Å². The van der Waals surface area contributed by atoms with Crippen molar-refractivity contribution in [3.8, 4) is 0 Å². The van der Waals surface area contributed by atoms with Crippen LogP contribution in [0.15, 0.2) is 53.1 Å². The molecule has 0 unspecified atom stereocenters. The molecule has 0 atom stereocenters. The Morgan fingerprint density at radius 3 is 2.52 bits per heavy atom. The van der Waals surface area contributed by atoms with Crippen molar-refractivity contribution in [3.05, 3.63) is 75.4 Å². The molecule has 0 aliphatic carbocycles. The molecule has 2 amide bonds. The molecule has 0 bridgehead atoms. The molecule has 27 heavy (non-hydrogen) atoms. The van der Waals surface area contributed by atoms with Crippen LogP contribution in [0.1, 0.15) is 31.4 Å². The molecule has 0 spiro atoms. The van der Waals surface area contributed by atoms with Gasteiger partial charge in [-0.1, -0.05) is 6.07 Å². The van der Waals surface area contributed by atoms with Crippen molar-refractivity contribution in [3.63, 3.8) is 0 Å². The highest BCUT2D eigenvalue weighted by Crippen LogP contribution is 2.20. The van der Waals surface area contributed by atoms with E-state index in [1.165, 1.54) is 17.6 Å². The van der Waals surface area contributed by atoms with Gasteiger partial charge < -0.3 is 15.1 Å². The van der Waals surface area contributed by atoms with Crippen molar-refractivity contribution < 1.29 is 18.8 Å². The van der Waals surface area contributed by atoms with Crippen LogP contribution in [0.5, 0.6) is 0 Å². The predicted octanol–water partition coefficient (Wildman–Crippen LogP) is 3.44. The van der Waals surface area contributed by atoms with Crippen LogP contribution in [0.3, 0.4) is 0 Å². The number of thiophene rings is 1. The molecule has 0 saturated heterocycles. The zero-order valence-electron chi connectivity index (χ0n) is 14.9. The van der Waals surface area contributed by atoms with Gasteiger partial charge in [-0.2, -0.15) is 0 Å². The maximum Gasteiger partial charge on any atom is 0.313 e. The normalized spacial score (nSPS) is 10.4. The first-order chi connectivity index (χ1) is 12.9. The molecule has 2 N–H and O–H groups in total. The quantitative estimate of drug-likeness (QED) is 0.523. The van der Waals surface area contributed by atoms with E-state index in [0.29, 0.717) is 10.6 Å². The Balaban J connectivity index is 1.55. The van der Waals surface area contributed by atoms with Crippen molar-refractivity contribution in [2.75, 3.05) is 5.32 Å². The summed E-state index contributed by atoms with van der Waals surface area (Å²) < 4.78 is 5.10. The van der Waals surface area contributed by atoms with Gasteiger partial charge in [0.15, 0.2) is 5.76 Å². The van der Waals surface area contributed by atoms with E-state index in [2.05, 4.69) is 10.6 Å². The van der Waals surface area contributed by atoms with Gasteiger partial charge in [0.25, 0.3) is 0 Å². The second-order valence-electron chi connectivity index (χ2n) is 6.01. The minimum atomic E-state index is -0.736.